The molecule has 0 aliphatic carbocycles. The summed E-state index contributed by atoms with van der Waals surface area (Å²) in [7, 11) is 5.74. The van der Waals surface area contributed by atoms with Gasteiger partial charge in [-0.2, -0.15) is 10.1 Å². The van der Waals surface area contributed by atoms with Crippen molar-refractivity contribution < 1.29 is 14.0 Å². The number of rotatable bonds is 10. The Kier molecular flexibility index (Phi) is 8.20. The van der Waals surface area contributed by atoms with Gasteiger partial charge in [-0.3, -0.25) is 9.48 Å². The second-order valence-corrected chi connectivity index (χ2v) is 10.2. The Balaban J connectivity index is 1.45. The zero-order valence-electron chi connectivity index (χ0n) is 23.2. The molecule has 0 saturated carbocycles. The van der Waals surface area contributed by atoms with E-state index in [0.717, 1.165) is 24.1 Å². The lowest BCUT2D eigenvalue weighted by Gasteiger charge is -2.36. The van der Waals surface area contributed by atoms with Crippen LogP contribution in [0.25, 0.3) is 0 Å². The van der Waals surface area contributed by atoms with Crippen molar-refractivity contribution in [3.8, 4) is 0 Å². The molecule has 4 aromatic rings. The van der Waals surface area contributed by atoms with Crippen LogP contribution in [0.5, 0.6) is 0 Å². The second kappa shape index (κ2) is 12.1. The van der Waals surface area contributed by atoms with Gasteiger partial charge >= 0.3 is 6.03 Å². The molecule has 3 heterocycles. The summed E-state index contributed by atoms with van der Waals surface area (Å²) in [6.45, 7) is 1.36. The first-order valence-corrected chi connectivity index (χ1v) is 13.2. The Hall–Kier alpha value is -4.84. The number of fused-ring (bicyclic) bond motifs is 1. The van der Waals surface area contributed by atoms with E-state index in [2.05, 4.69) is 20.7 Å². The first kappa shape index (κ1) is 27.7. The molecule has 1 aliphatic rings. The molecule has 3 amide bonds. The summed E-state index contributed by atoms with van der Waals surface area (Å²) in [5.74, 6) is 0.305. The van der Waals surface area contributed by atoms with Crippen LogP contribution in [0, 0.1) is 5.82 Å². The Morgan fingerprint density at radius 2 is 1.90 bits per heavy atom. The number of aryl methyl sites for hydroxylation is 1. The van der Waals surface area contributed by atoms with Gasteiger partial charge in [0.15, 0.2) is 5.82 Å². The largest absolute Gasteiger partial charge is 0.330 e. The van der Waals surface area contributed by atoms with Crippen molar-refractivity contribution in [1.82, 2.24) is 29.5 Å². The van der Waals surface area contributed by atoms with Crippen LogP contribution in [0.3, 0.4) is 0 Å². The van der Waals surface area contributed by atoms with Gasteiger partial charge < -0.3 is 20.4 Å². The Labute approximate surface area is 237 Å². The van der Waals surface area contributed by atoms with E-state index in [1.165, 1.54) is 17.0 Å². The number of aromatic nitrogens is 4. The van der Waals surface area contributed by atoms with Gasteiger partial charge in [0.2, 0.25) is 11.9 Å². The maximum Gasteiger partial charge on any atom is 0.330 e. The molecular weight excluding hydrogens is 525 g/mol. The highest BCUT2D eigenvalue weighted by Crippen LogP contribution is 2.36. The standard InChI is InChI=1S/C29H32FN9O2/c1-36(2)13-5-8-26(40)33-23-6-4-7-25(14-23)39-27-21(15-31-28(35-27)34-24-16-32-37(3)19-24)18-38(29(39)41)17-20-9-11-22(30)12-10-20/h4,6-7,9-12,14-16,19H,5,8,13,17-18H2,1-3H3,(H,33,40)(H,31,34,35). The monoisotopic (exact) mass is 557 g/mol. The van der Waals surface area contributed by atoms with E-state index >= 15 is 0 Å². The number of halogens is 1. The van der Waals surface area contributed by atoms with Gasteiger partial charge in [0.1, 0.15) is 5.82 Å². The van der Waals surface area contributed by atoms with Gasteiger partial charge in [-0.05, 0) is 63.0 Å². The molecule has 12 heteroatoms. The molecule has 0 spiro atoms. The van der Waals surface area contributed by atoms with Crippen LogP contribution in [0.1, 0.15) is 24.0 Å². The highest BCUT2D eigenvalue weighted by molar-refractivity contribution is 6.02. The third-order valence-electron chi connectivity index (χ3n) is 6.52. The molecule has 0 saturated heterocycles. The lowest BCUT2D eigenvalue weighted by Crippen LogP contribution is -2.45. The first-order valence-electron chi connectivity index (χ1n) is 13.2. The molecule has 1 aliphatic heterocycles. The predicted octanol–water partition coefficient (Wildman–Crippen LogP) is 4.65. The highest BCUT2D eigenvalue weighted by atomic mass is 19.1. The molecule has 0 bridgehead atoms. The topological polar surface area (TPSA) is 112 Å². The number of carbonyl (C=O) groups excluding carboxylic acids is 2. The summed E-state index contributed by atoms with van der Waals surface area (Å²) in [6.07, 6.45) is 6.25. The predicted molar refractivity (Wildman–Crippen MR) is 155 cm³/mol. The second-order valence-electron chi connectivity index (χ2n) is 10.2. The van der Waals surface area contributed by atoms with E-state index in [1.807, 2.05) is 26.0 Å². The normalized spacial score (nSPS) is 13.0. The highest BCUT2D eigenvalue weighted by Gasteiger charge is 2.33. The minimum Gasteiger partial charge on any atom is -0.326 e. The van der Waals surface area contributed by atoms with Crippen LogP contribution < -0.4 is 15.5 Å². The van der Waals surface area contributed by atoms with Crippen LogP contribution in [-0.2, 0) is 24.9 Å². The Bertz CT molecular complexity index is 1540. The molecule has 0 radical (unpaired) electrons. The number of urea groups is 1. The van der Waals surface area contributed by atoms with Crippen molar-refractivity contribution in [3.05, 3.63) is 84.1 Å². The maximum absolute atomic E-state index is 14.0. The first-order chi connectivity index (χ1) is 19.7. The van der Waals surface area contributed by atoms with Gasteiger partial charge in [0, 0.05) is 43.7 Å². The SMILES string of the molecule is CN(C)CCCC(=O)Nc1cccc(N2C(=O)N(Cc3ccc(F)cc3)Cc3cnc(Nc4cnn(C)c4)nc32)c1. The van der Waals surface area contributed by atoms with Crippen molar-refractivity contribution >= 4 is 40.8 Å². The lowest BCUT2D eigenvalue weighted by molar-refractivity contribution is -0.116. The summed E-state index contributed by atoms with van der Waals surface area (Å²) in [6, 6.07) is 12.9. The Morgan fingerprint density at radius 1 is 1.10 bits per heavy atom. The van der Waals surface area contributed by atoms with Gasteiger partial charge in [-0.1, -0.05) is 18.2 Å². The quantitative estimate of drug-likeness (QED) is 0.292. The number of nitrogens with zero attached hydrogens (tertiary/aromatic N) is 7. The zero-order valence-corrected chi connectivity index (χ0v) is 23.2. The summed E-state index contributed by atoms with van der Waals surface area (Å²) in [4.78, 5) is 40.9. The molecule has 0 atom stereocenters. The van der Waals surface area contributed by atoms with E-state index < -0.39 is 0 Å². The van der Waals surface area contributed by atoms with Crippen LogP contribution in [0.2, 0.25) is 0 Å². The lowest BCUT2D eigenvalue weighted by atomic mass is 10.1. The third kappa shape index (κ3) is 6.84. The van der Waals surface area contributed by atoms with Gasteiger partial charge in [0.25, 0.3) is 0 Å². The average Bonchev–Trinajstić information content (AvgIpc) is 3.34. The van der Waals surface area contributed by atoms with Crippen molar-refractivity contribution in [3.63, 3.8) is 0 Å². The van der Waals surface area contributed by atoms with Gasteiger partial charge in [-0.15, -0.1) is 0 Å². The van der Waals surface area contributed by atoms with Crippen LogP contribution >= 0.6 is 0 Å². The number of carbonyl (C=O) groups is 2. The number of hydrogen-bond donors (Lipinski definition) is 2. The summed E-state index contributed by atoms with van der Waals surface area (Å²) in [5.41, 5.74) is 3.35. The molecule has 2 aromatic heterocycles. The molecule has 2 aromatic carbocycles. The van der Waals surface area contributed by atoms with Crippen LogP contribution in [0.15, 0.2) is 67.1 Å². The number of hydrogen-bond acceptors (Lipinski definition) is 7. The number of amides is 3. The van der Waals surface area contributed by atoms with Crippen molar-refractivity contribution in [2.45, 2.75) is 25.9 Å². The Morgan fingerprint density at radius 3 is 2.63 bits per heavy atom. The smallest absolute Gasteiger partial charge is 0.326 e. The minimum atomic E-state index is -0.340. The molecule has 41 heavy (non-hydrogen) atoms. The van der Waals surface area contributed by atoms with Crippen molar-refractivity contribution in [2.24, 2.45) is 7.05 Å². The van der Waals surface area contributed by atoms with Crippen molar-refractivity contribution in [1.29, 1.82) is 0 Å². The minimum absolute atomic E-state index is 0.0995. The fourth-order valence-electron chi connectivity index (χ4n) is 4.55. The van der Waals surface area contributed by atoms with Crippen molar-refractivity contribution in [2.75, 3.05) is 36.2 Å². The van der Waals surface area contributed by atoms with Crippen LogP contribution in [0.4, 0.5) is 38.0 Å². The van der Waals surface area contributed by atoms with Gasteiger partial charge in [-0.25, -0.2) is 19.1 Å². The average molecular weight is 558 g/mol. The fraction of sp³-hybridized carbons (Fsp3) is 0.276. The molecule has 2 N–H and O–H groups in total. The molecular formula is C29H32FN9O2. The van der Waals surface area contributed by atoms with E-state index in [4.69, 9.17) is 4.98 Å². The number of nitrogens with one attached hydrogen (secondary N) is 2. The fourth-order valence-corrected chi connectivity index (χ4v) is 4.55. The molecule has 11 nitrogen and oxygen atoms in total. The van der Waals surface area contributed by atoms with Gasteiger partial charge in [0.05, 0.1) is 24.1 Å². The molecule has 0 unspecified atom stereocenters. The van der Waals surface area contributed by atoms with E-state index in [9.17, 15) is 14.0 Å². The number of anilines is 5. The van der Waals surface area contributed by atoms with E-state index in [0.29, 0.717) is 35.2 Å². The third-order valence-corrected chi connectivity index (χ3v) is 6.52. The zero-order chi connectivity index (χ0) is 28.9. The summed E-state index contributed by atoms with van der Waals surface area (Å²) < 4.78 is 15.2. The maximum atomic E-state index is 14.0. The molecule has 0 fully saturated rings. The van der Waals surface area contributed by atoms with E-state index in [-0.39, 0.29) is 30.8 Å². The summed E-state index contributed by atoms with van der Waals surface area (Å²) in [5, 5.41) is 10.2. The van der Waals surface area contributed by atoms with Crippen LogP contribution in [-0.4, -0.2) is 62.1 Å². The molecule has 212 valence electrons. The van der Waals surface area contributed by atoms with E-state index in [1.54, 1.807) is 64.6 Å². The number of benzene rings is 2. The molecule has 5 rings (SSSR count). The summed E-state index contributed by atoms with van der Waals surface area (Å²) >= 11 is 0.